The quantitative estimate of drug-likeness (QED) is 0.519. The number of rotatable bonds is 11. The van der Waals surface area contributed by atoms with Crippen LogP contribution in [0.3, 0.4) is 0 Å². The van der Waals surface area contributed by atoms with E-state index < -0.39 is 29.9 Å². The third kappa shape index (κ3) is 5.85. The summed E-state index contributed by atoms with van der Waals surface area (Å²) in [5.41, 5.74) is 1.20. The van der Waals surface area contributed by atoms with Gasteiger partial charge >= 0.3 is 11.9 Å². The van der Waals surface area contributed by atoms with Gasteiger partial charge in [-0.25, -0.2) is 0 Å². The Hall–Kier alpha value is -2.41. The lowest BCUT2D eigenvalue weighted by atomic mass is 9.88. The van der Waals surface area contributed by atoms with Gasteiger partial charge < -0.3 is 14.6 Å². The molecule has 0 bridgehead atoms. The molecule has 3 unspecified atom stereocenters. The molecule has 1 fully saturated rings. The molecule has 31 heavy (non-hydrogen) atoms. The van der Waals surface area contributed by atoms with Gasteiger partial charge in [0.25, 0.3) is 0 Å². The number of aliphatic carboxylic acids is 1. The molecule has 3 rings (SSSR count). The number of carboxylic acid groups (broad SMARTS) is 1. The first kappa shape index (κ1) is 23.3. The van der Waals surface area contributed by atoms with Crippen LogP contribution in [0.4, 0.5) is 0 Å². The molecular formula is C24H33NO6. The van der Waals surface area contributed by atoms with E-state index in [1.54, 1.807) is 13.8 Å². The number of ether oxygens (including phenoxy) is 2. The number of esters is 1. The molecule has 1 heterocycles. The molecule has 0 aromatic heterocycles. The van der Waals surface area contributed by atoms with Crippen LogP contribution >= 0.6 is 0 Å². The molecule has 170 valence electrons. The average molecular weight is 432 g/mol. The van der Waals surface area contributed by atoms with Gasteiger partial charge in [-0.1, -0.05) is 24.6 Å². The van der Waals surface area contributed by atoms with Gasteiger partial charge in [-0.3, -0.25) is 19.7 Å². The van der Waals surface area contributed by atoms with Gasteiger partial charge in [-0.2, -0.15) is 0 Å². The topological polar surface area (TPSA) is 102 Å². The Morgan fingerprint density at radius 3 is 2.68 bits per heavy atom. The van der Waals surface area contributed by atoms with Crippen molar-refractivity contribution in [2.45, 2.75) is 77.0 Å². The number of Topliss-reactive ketones (excluding diaryl/α,β-unsaturated/α-hetero) is 1. The lowest BCUT2D eigenvalue weighted by Gasteiger charge is -2.25. The Morgan fingerprint density at radius 2 is 1.97 bits per heavy atom. The van der Waals surface area contributed by atoms with Gasteiger partial charge in [0, 0.05) is 12.3 Å². The molecule has 7 heteroatoms. The van der Waals surface area contributed by atoms with E-state index in [2.05, 4.69) is 11.4 Å². The van der Waals surface area contributed by atoms with E-state index in [4.69, 9.17) is 9.47 Å². The first-order chi connectivity index (χ1) is 14.9. The van der Waals surface area contributed by atoms with Crippen LogP contribution in [0.25, 0.3) is 0 Å². The Bertz CT molecular complexity index is 769. The Kier molecular flexibility index (Phi) is 8.07. The van der Waals surface area contributed by atoms with Gasteiger partial charge in [-0.15, -0.1) is 0 Å². The summed E-state index contributed by atoms with van der Waals surface area (Å²) < 4.78 is 11.2. The summed E-state index contributed by atoms with van der Waals surface area (Å²) in [6, 6.07) is 6.79. The van der Waals surface area contributed by atoms with E-state index in [9.17, 15) is 19.5 Å². The van der Waals surface area contributed by atoms with E-state index in [1.165, 1.54) is 5.56 Å². The van der Waals surface area contributed by atoms with Crippen molar-refractivity contribution in [1.29, 1.82) is 0 Å². The van der Waals surface area contributed by atoms with Crippen molar-refractivity contribution in [2.75, 3.05) is 6.61 Å². The zero-order valence-electron chi connectivity index (χ0n) is 18.3. The fraction of sp³-hybridized carbons (Fsp3) is 0.625. The maximum atomic E-state index is 12.9. The van der Waals surface area contributed by atoms with Crippen molar-refractivity contribution < 1.29 is 29.0 Å². The molecular weight excluding hydrogens is 398 g/mol. The molecule has 0 radical (unpaired) electrons. The fourth-order valence-corrected chi connectivity index (χ4v) is 4.78. The van der Waals surface area contributed by atoms with Gasteiger partial charge in [0.1, 0.15) is 17.9 Å². The smallest absolute Gasteiger partial charge is 0.323 e. The molecule has 1 aromatic rings. The van der Waals surface area contributed by atoms with Gasteiger partial charge in [0.15, 0.2) is 5.78 Å². The highest BCUT2D eigenvalue weighted by molar-refractivity contribution is 5.91. The van der Waals surface area contributed by atoms with Crippen LogP contribution in [-0.4, -0.2) is 47.6 Å². The molecule has 5 atom stereocenters. The zero-order chi connectivity index (χ0) is 22.4. The van der Waals surface area contributed by atoms with Crippen molar-refractivity contribution >= 4 is 17.7 Å². The van der Waals surface area contributed by atoms with Gasteiger partial charge in [-0.05, 0) is 57.6 Å². The SMILES string of the molecule is CCOC(=O)C(CCCC1Cc2ccccc2O1)N[C@@H](C)C(=O)C1CCC[C@H]1C(=O)O. The standard InChI is InChI=1S/C24H33NO6/c1-3-30-24(29)20(12-6-9-17-14-16-8-4-5-13-21(16)31-17)25-15(2)22(26)18-10-7-11-19(18)23(27)28/h4-5,8,13,15,17-20,25H,3,6-7,9-12,14H2,1-2H3,(H,27,28)/t15-,17?,18?,19+,20?/m0/s1. The minimum absolute atomic E-state index is 0.0918. The lowest BCUT2D eigenvalue weighted by molar-refractivity contribution is -0.148. The summed E-state index contributed by atoms with van der Waals surface area (Å²) in [5.74, 6) is -1.61. The van der Waals surface area contributed by atoms with Crippen molar-refractivity contribution in [2.24, 2.45) is 11.8 Å². The lowest BCUT2D eigenvalue weighted by Crippen LogP contribution is -2.48. The highest BCUT2D eigenvalue weighted by Gasteiger charge is 2.40. The number of nitrogens with one attached hydrogen (secondary N) is 1. The van der Waals surface area contributed by atoms with E-state index in [0.717, 1.165) is 31.4 Å². The summed E-state index contributed by atoms with van der Waals surface area (Å²) in [7, 11) is 0. The predicted molar refractivity (Wildman–Crippen MR) is 115 cm³/mol. The molecule has 0 amide bonds. The number of carboxylic acids is 1. The van der Waals surface area contributed by atoms with Crippen LogP contribution in [0, 0.1) is 11.8 Å². The van der Waals surface area contributed by atoms with Crippen LogP contribution in [-0.2, 0) is 25.5 Å². The summed E-state index contributed by atoms with van der Waals surface area (Å²) in [6.07, 6.45) is 4.89. The van der Waals surface area contributed by atoms with Gasteiger partial charge in [0.2, 0.25) is 0 Å². The van der Waals surface area contributed by atoms with Crippen molar-refractivity contribution in [3.05, 3.63) is 29.8 Å². The molecule has 1 aliphatic heterocycles. The molecule has 7 nitrogen and oxygen atoms in total. The largest absolute Gasteiger partial charge is 0.490 e. The highest BCUT2D eigenvalue weighted by Crippen LogP contribution is 2.33. The van der Waals surface area contributed by atoms with Crippen molar-refractivity contribution in [3.63, 3.8) is 0 Å². The minimum atomic E-state index is -0.914. The van der Waals surface area contributed by atoms with Crippen molar-refractivity contribution in [1.82, 2.24) is 5.32 Å². The number of hydrogen-bond donors (Lipinski definition) is 2. The third-order valence-electron chi connectivity index (χ3n) is 6.38. The maximum absolute atomic E-state index is 12.9. The summed E-state index contributed by atoms with van der Waals surface area (Å²) >= 11 is 0. The first-order valence-corrected chi connectivity index (χ1v) is 11.3. The number of hydrogen-bond acceptors (Lipinski definition) is 6. The van der Waals surface area contributed by atoms with Crippen LogP contribution in [0.2, 0.25) is 0 Å². The summed E-state index contributed by atoms with van der Waals surface area (Å²) in [6.45, 7) is 3.73. The number of para-hydroxylation sites is 1. The maximum Gasteiger partial charge on any atom is 0.323 e. The second-order valence-electron chi connectivity index (χ2n) is 8.56. The molecule has 0 saturated heterocycles. The molecule has 1 aliphatic carbocycles. The number of carbonyl (C=O) groups is 3. The highest BCUT2D eigenvalue weighted by atomic mass is 16.5. The van der Waals surface area contributed by atoms with Gasteiger partial charge in [0.05, 0.1) is 18.6 Å². The van der Waals surface area contributed by atoms with E-state index in [-0.39, 0.29) is 24.5 Å². The second-order valence-corrected chi connectivity index (χ2v) is 8.56. The Labute approximate surface area is 183 Å². The number of fused-ring (bicyclic) bond motifs is 1. The molecule has 1 aromatic carbocycles. The Morgan fingerprint density at radius 1 is 1.23 bits per heavy atom. The Balaban J connectivity index is 1.53. The average Bonchev–Trinajstić information content (AvgIpc) is 3.39. The number of benzene rings is 1. The van der Waals surface area contributed by atoms with E-state index in [1.807, 2.05) is 18.2 Å². The normalized spacial score (nSPS) is 24.1. The minimum Gasteiger partial charge on any atom is -0.490 e. The van der Waals surface area contributed by atoms with E-state index in [0.29, 0.717) is 19.3 Å². The predicted octanol–water partition coefficient (Wildman–Crippen LogP) is 3.14. The van der Waals surface area contributed by atoms with Crippen LogP contribution in [0.1, 0.15) is 57.9 Å². The van der Waals surface area contributed by atoms with E-state index >= 15 is 0 Å². The number of carbonyl (C=O) groups excluding carboxylic acids is 2. The van der Waals surface area contributed by atoms with Crippen LogP contribution < -0.4 is 10.1 Å². The second kappa shape index (κ2) is 10.8. The molecule has 0 spiro atoms. The summed E-state index contributed by atoms with van der Waals surface area (Å²) in [4.78, 5) is 36.8. The van der Waals surface area contributed by atoms with Crippen LogP contribution in [0.5, 0.6) is 5.75 Å². The first-order valence-electron chi connectivity index (χ1n) is 11.3. The zero-order valence-corrected chi connectivity index (χ0v) is 18.3. The monoisotopic (exact) mass is 431 g/mol. The molecule has 1 saturated carbocycles. The third-order valence-corrected chi connectivity index (χ3v) is 6.38. The van der Waals surface area contributed by atoms with Crippen LogP contribution in [0.15, 0.2) is 24.3 Å². The fourth-order valence-electron chi connectivity index (χ4n) is 4.78. The molecule has 2 N–H and O–H groups in total. The number of ketones is 1. The molecule has 2 aliphatic rings. The summed E-state index contributed by atoms with van der Waals surface area (Å²) in [5, 5.41) is 12.5. The van der Waals surface area contributed by atoms with Crippen molar-refractivity contribution in [3.8, 4) is 5.75 Å².